The minimum Gasteiger partial charge on any atom is -0.494 e. The van der Waals surface area contributed by atoms with Crippen LogP contribution < -0.4 is 4.74 Å². The van der Waals surface area contributed by atoms with Gasteiger partial charge in [0.15, 0.2) is 0 Å². The summed E-state index contributed by atoms with van der Waals surface area (Å²) < 4.78 is 6.25. The Kier molecular flexibility index (Phi) is 5.99. The molecule has 4 nitrogen and oxygen atoms in total. The van der Waals surface area contributed by atoms with E-state index in [2.05, 4.69) is 4.90 Å². The fourth-order valence-corrected chi connectivity index (χ4v) is 4.65. The molecular formula is C19H22ClNO3S. The van der Waals surface area contributed by atoms with Crippen molar-refractivity contribution >= 4 is 28.9 Å². The van der Waals surface area contributed by atoms with Crippen LogP contribution in [0.4, 0.5) is 0 Å². The largest absolute Gasteiger partial charge is 0.494 e. The molecule has 2 aromatic rings. The highest BCUT2D eigenvalue weighted by Crippen LogP contribution is 2.39. The molecule has 2 atom stereocenters. The van der Waals surface area contributed by atoms with Crippen molar-refractivity contribution in [2.24, 2.45) is 0 Å². The molecule has 3 rings (SSSR count). The molecule has 1 aliphatic rings. The summed E-state index contributed by atoms with van der Waals surface area (Å²) in [6, 6.07) is 11.3. The number of piperidine rings is 1. The van der Waals surface area contributed by atoms with E-state index >= 15 is 0 Å². The molecule has 2 unspecified atom stereocenters. The number of hydrogen-bond acceptors (Lipinski definition) is 4. The SMILES string of the molecule is CCOc1ccc(C(c2ccc(Cl)s2)N2CCCCC2C(=O)O)cc1. The Morgan fingerprint density at radius 2 is 2.08 bits per heavy atom. The lowest BCUT2D eigenvalue weighted by Gasteiger charge is -2.39. The van der Waals surface area contributed by atoms with Crippen LogP contribution >= 0.6 is 22.9 Å². The van der Waals surface area contributed by atoms with Crippen molar-refractivity contribution in [1.29, 1.82) is 0 Å². The first-order chi connectivity index (χ1) is 12.1. The van der Waals surface area contributed by atoms with Gasteiger partial charge in [-0.2, -0.15) is 0 Å². The summed E-state index contributed by atoms with van der Waals surface area (Å²) >= 11 is 7.67. The van der Waals surface area contributed by atoms with Crippen LogP contribution in [0.25, 0.3) is 0 Å². The quantitative estimate of drug-likeness (QED) is 0.781. The number of aliphatic carboxylic acids is 1. The van der Waals surface area contributed by atoms with E-state index in [1.807, 2.05) is 43.3 Å². The zero-order chi connectivity index (χ0) is 17.8. The van der Waals surface area contributed by atoms with Crippen molar-refractivity contribution in [1.82, 2.24) is 4.90 Å². The number of thiophene rings is 1. The number of carboxylic acid groups (broad SMARTS) is 1. The van der Waals surface area contributed by atoms with Gasteiger partial charge < -0.3 is 9.84 Å². The van der Waals surface area contributed by atoms with Crippen LogP contribution in [0.2, 0.25) is 4.34 Å². The molecule has 1 aromatic carbocycles. The van der Waals surface area contributed by atoms with Crippen molar-refractivity contribution < 1.29 is 14.6 Å². The molecule has 0 bridgehead atoms. The zero-order valence-electron chi connectivity index (χ0n) is 14.2. The molecule has 0 aliphatic carbocycles. The molecule has 25 heavy (non-hydrogen) atoms. The second-order valence-electron chi connectivity index (χ2n) is 6.13. The molecular weight excluding hydrogens is 358 g/mol. The van der Waals surface area contributed by atoms with Gasteiger partial charge in [-0.05, 0) is 56.1 Å². The third-order valence-electron chi connectivity index (χ3n) is 4.53. The van der Waals surface area contributed by atoms with Gasteiger partial charge in [0.1, 0.15) is 11.8 Å². The van der Waals surface area contributed by atoms with E-state index in [1.54, 1.807) is 0 Å². The molecule has 1 N–H and O–H groups in total. The van der Waals surface area contributed by atoms with Crippen LogP contribution in [-0.2, 0) is 4.79 Å². The number of rotatable bonds is 6. The van der Waals surface area contributed by atoms with E-state index in [9.17, 15) is 9.90 Å². The lowest BCUT2D eigenvalue weighted by atomic mass is 9.95. The first-order valence-electron chi connectivity index (χ1n) is 8.56. The van der Waals surface area contributed by atoms with Crippen LogP contribution in [0.15, 0.2) is 36.4 Å². The molecule has 0 spiro atoms. The van der Waals surface area contributed by atoms with E-state index in [-0.39, 0.29) is 6.04 Å². The minimum atomic E-state index is -0.752. The Hall–Kier alpha value is -1.56. The average molecular weight is 380 g/mol. The van der Waals surface area contributed by atoms with E-state index < -0.39 is 12.0 Å². The number of carboxylic acids is 1. The van der Waals surface area contributed by atoms with E-state index in [0.717, 1.165) is 39.9 Å². The van der Waals surface area contributed by atoms with Crippen LogP contribution in [0.5, 0.6) is 5.75 Å². The van der Waals surface area contributed by atoms with E-state index in [4.69, 9.17) is 16.3 Å². The minimum absolute atomic E-state index is 0.102. The third kappa shape index (κ3) is 4.17. The molecule has 2 heterocycles. The maximum Gasteiger partial charge on any atom is 0.320 e. The van der Waals surface area contributed by atoms with E-state index in [0.29, 0.717) is 13.0 Å². The number of benzene rings is 1. The van der Waals surface area contributed by atoms with Crippen molar-refractivity contribution in [2.45, 2.75) is 38.3 Å². The maximum absolute atomic E-state index is 11.8. The fourth-order valence-electron chi connectivity index (χ4n) is 3.44. The summed E-state index contributed by atoms with van der Waals surface area (Å²) in [5, 5.41) is 9.69. The Morgan fingerprint density at radius 1 is 1.32 bits per heavy atom. The van der Waals surface area contributed by atoms with Crippen LogP contribution in [-0.4, -0.2) is 35.2 Å². The Bertz CT molecular complexity index is 716. The molecule has 0 radical (unpaired) electrons. The Balaban J connectivity index is 1.98. The summed E-state index contributed by atoms with van der Waals surface area (Å²) in [6.45, 7) is 3.34. The molecule has 1 saturated heterocycles. The lowest BCUT2D eigenvalue weighted by molar-refractivity contribution is -0.145. The molecule has 0 amide bonds. The monoisotopic (exact) mass is 379 g/mol. The lowest BCUT2D eigenvalue weighted by Crippen LogP contribution is -2.46. The molecule has 0 saturated carbocycles. The summed E-state index contributed by atoms with van der Waals surface area (Å²) in [5.74, 6) is 0.0703. The van der Waals surface area contributed by atoms with Crippen molar-refractivity contribution in [3.05, 3.63) is 51.2 Å². The maximum atomic E-state index is 11.8. The van der Waals surface area contributed by atoms with Gasteiger partial charge in [0.25, 0.3) is 0 Å². The summed E-state index contributed by atoms with van der Waals surface area (Å²) in [6.07, 6.45) is 2.65. The highest BCUT2D eigenvalue weighted by atomic mass is 35.5. The van der Waals surface area contributed by atoms with Gasteiger partial charge in [-0.1, -0.05) is 30.2 Å². The van der Waals surface area contributed by atoms with Crippen molar-refractivity contribution in [3.63, 3.8) is 0 Å². The first kappa shape index (κ1) is 18.2. The number of likely N-dealkylation sites (tertiary alicyclic amines) is 1. The summed E-state index contributed by atoms with van der Waals surface area (Å²) in [5.41, 5.74) is 1.06. The van der Waals surface area contributed by atoms with Crippen LogP contribution in [0.3, 0.4) is 0 Å². The standard InChI is InChI=1S/C19H22ClNO3S/c1-2-24-14-8-6-13(7-9-14)18(16-10-11-17(20)25-16)21-12-4-3-5-15(21)19(22)23/h6-11,15,18H,2-5,12H2,1H3,(H,22,23). The number of hydrogen-bond donors (Lipinski definition) is 1. The van der Waals surface area contributed by atoms with Crippen LogP contribution in [0, 0.1) is 0 Å². The summed E-state index contributed by atoms with van der Waals surface area (Å²) in [4.78, 5) is 15.0. The number of ether oxygens (including phenoxy) is 1. The highest BCUT2D eigenvalue weighted by Gasteiger charge is 2.35. The van der Waals surface area contributed by atoms with Crippen LogP contribution in [0.1, 0.15) is 42.7 Å². The van der Waals surface area contributed by atoms with Gasteiger partial charge in [0.05, 0.1) is 17.0 Å². The number of halogens is 1. The van der Waals surface area contributed by atoms with Gasteiger partial charge in [-0.15, -0.1) is 11.3 Å². The van der Waals surface area contributed by atoms with Gasteiger partial charge in [0.2, 0.25) is 0 Å². The van der Waals surface area contributed by atoms with Crippen molar-refractivity contribution in [3.8, 4) is 5.75 Å². The second kappa shape index (κ2) is 8.21. The normalized spacial score (nSPS) is 19.5. The Labute approximate surface area is 157 Å². The first-order valence-corrected chi connectivity index (χ1v) is 9.76. The summed E-state index contributed by atoms with van der Waals surface area (Å²) in [7, 11) is 0. The van der Waals surface area contributed by atoms with Gasteiger partial charge >= 0.3 is 5.97 Å². The predicted molar refractivity (Wildman–Crippen MR) is 101 cm³/mol. The van der Waals surface area contributed by atoms with E-state index in [1.165, 1.54) is 11.3 Å². The van der Waals surface area contributed by atoms with Gasteiger partial charge in [-0.25, -0.2) is 0 Å². The molecule has 1 aromatic heterocycles. The molecule has 1 fully saturated rings. The zero-order valence-corrected chi connectivity index (χ0v) is 15.7. The van der Waals surface area contributed by atoms with Crippen molar-refractivity contribution in [2.75, 3.05) is 13.2 Å². The number of nitrogens with zero attached hydrogens (tertiary/aromatic N) is 1. The average Bonchev–Trinajstić information content (AvgIpc) is 3.03. The van der Waals surface area contributed by atoms with Gasteiger partial charge in [0, 0.05) is 4.88 Å². The molecule has 1 aliphatic heterocycles. The second-order valence-corrected chi connectivity index (χ2v) is 7.88. The highest BCUT2D eigenvalue weighted by molar-refractivity contribution is 7.16. The topological polar surface area (TPSA) is 49.8 Å². The predicted octanol–water partition coefficient (Wildman–Crippen LogP) is 4.83. The Morgan fingerprint density at radius 3 is 2.68 bits per heavy atom. The van der Waals surface area contributed by atoms with Gasteiger partial charge in [-0.3, -0.25) is 9.69 Å². The third-order valence-corrected chi connectivity index (χ3v) is 5.81. The molecule has 134 valence electrons. The smallest absolute Gasteiger partial charge is 0.320 e. The number of carbonyl (C=O) groups is 1. The molecule has 6 heteroatoms. The fraction of sp³-hybridized carbons (Fsp3) is 0.421.